The highest BCUT2D eigenvalue weighted by molar-refractivity contribution is 5.87. The van der Waals surface area contributed by atoms with E-state index in [0.717, 1.165) is 36.7 Å². The quantitative estimate of drug-likeness (QED) is 0.522. The Kier molecular flexibility index (Phi) is 6.83. The molecule has 0 saturated carbocycles. The lowest BCUT2D eigenvalue weighted by atomic mass is 9.89. The van der Waals surface area contributed by atoms with Crippen molar-refractivity contribution in [3.05, 3.63) is 108 Å². The fourth-order valence-corrected chi connectivity index (χ4v) is 4.69. The molecule has 0 aliphatic carbocycles. The topological polar surface area (TPSA) is 23.6 Å². The Balaban J connectivity index is 1.66. The third kappa shape index (κ3) is 5.05. The largest absolute Gasteiger partial charge is 0.337 e. The maximum atomic E-state index is 14.0. The zero-order chi connectivity index (χ0) is 21.6. The van der Waals surface area contributed by atoms with Crippen molar-refractivity contribution < 1.29 is 4.79 Å². The Bertz CT molecular complexity index is 919. The highest BCUT2D eigenvalue weighted by Crippen LogP contribution is 2.31. The molecule has 1 amide bonds. The normalized spacial score (nSPS) is 17.6. The maximum absolute atomic E-state index is 14.0. The van der Waals surface area contributed by atoms with E-state index in [-0.39, 0.29) is 17.9 Å². The molecule has 4 rings (SSSR count). The summed E-state index contributed by atoms with van der Waals surface area (Å²) >= 11 is 0. The number of likely N-dealkylation sites (N-methyl/N-ethyl adjacent to an activating group) is 1. The van der Waals surface area contributed by atoms with Crippen LogP contribution in [0.15, 0.2) is 91.0 Å². The second-order valence-electron chi connectivity index (χ2n) is 8.78. The summed E-state index contributed by atoms with van der Waals surface area (Å²) in [5, 5.41) is 0. The number of amides is 1. The zero-order valence-electron chi connectivity index (χ0n) is 18.5. The molecule has 0 bridgehead atoms. The molecule has 0 aromatic heterocycles. The number of benzene rings is 3. The van der Waals surface area contributed by atoms with Crippen LogP contribution in [0.5, 0.6) is 0 Å². The second kappa shape index (κ2) is 9.93. The van der Waals surface area contributed by atoms with Crippen LogP contribution in [0, 0.1) is 5.92 Å². The first-order valence-corrected chi connectivity index (χ1v) is 11.3. The molecule has 2 atom stereocenters. The van der Waals surface area contributed by atoms with Gasteiger partial charge < -0.3 is 9.80 Å². The number of nitrogens with zero attached hydrogens (tertiary/aromatic N) is 2. The van der Waals surface area contributed by atoms with E-state index in [4.69, 9.17) is 0 Å². The fraction of sp³-hybridized carbons (Fsp3) is 0.321. The molecule has 0 spiro atoms. The van der Waals surface area contributed by atoms with Crippen molar-refractivity contribution in [2.24, 2.45) is 5.92 Å². The van der Waals surface area contributed by atoms with Gasteiger partial charge in [0.1, 0.15) is 0 Å². The van der Waals surface area contributed by atoms with Crippen LogP contribution in [0.2, 0.25) is 0 Å². The summed E-state index contributed by atoms with van der Waals surface area (Å²) in [7, 11) is 1.97. The van der Waals surface area contributed by atoms with Gasteiger partial charge in [0.2, 0.25) is 5.91 Å². The molecule has 0 unspecified atom stereocenters. The summed E-state index contributed by atoms with van der Waals surface area (Å²) in [6.45, 7) is 5.39. The number of hydrogen-bond donors (Lipinski definition) is 0. The van der Waals surface area contributed by atoms with Crippen molar-refractivity contribution in [3.63, 3.8) is 0 Å². The van der Waals surface area contributed by atoms with E-state index in [9.17, 15) is 4.79 Å². The number of carbonyl (C=O) groups is 1. The van der Waals surface area contributed by atoms with Crippen molar-refractivity contribution in [2.45, 2.75) is 25.3 Å². The van der Waals surface area contributed by atoms with E-state index in [1.54, 1.807) is 0 Å². The van der Waals surface area contributed by atoms with Crippen LogP contribution >= 0.6 is 0 Å². The SMILES string of the molecule is C[C@@H]1CCN(C[C@H](c2ccccc2)N(C)C(=O)C(c2ccccc2)c2ccccc2)C1. The van der Waals surface area contributed by atoms with Crippen LogP contribution in [0.1, 0.15) is 42.0 Å². The van der Waals surface area contributed by atoms with Crippen LogP contribution in [-0.4, -0.2) is 42.4 Å². The average molecular weight is 413 g/mol. The van der Waals surface area contributed by atoms with Gasteiger partial charge >= 0.3 is 0 Å². The van der Waals surface area contributed by atoms with Crippen LogP contribution in [0.4, 0.5) is 0 Å². The monoisotopic (exact) mass is 412 g/mol. The molecule has 31 heavy (non-hydrogen) atoms. The van der Waals surface area contributed by atoms with Crippen molar-refractivity contribution in [1.29, 1.82) is 0 Å². The Morgan fingerprint density at radius 1 is 0.871 bits per heavy atom. The van der Waals surface area contributed by atoms with Gasteiger partial charge in [-0.15, -0.1) is 0 Å². The summed E-state index contributed by atoms with van der Waals surface area (Å²) in [6, 6.07) is 30.8. The maximum Gasteiger partial charge on any atom is 0.234 e. The van der Waals surface area contributed by atoms with Gasteiger partial charge in [-0.1, -0.05) is 97.9 Å². The number of hydrogen-bond acceptors (Lipinski definition) is 2. The lowest BCUT2D eigenvalue weighted by Crippen LogP contribution is -2.41. The summed E-state index contributed by atoms with van der Waals surface area (Å²) in [4.78, 5) is 18.5. The van der Waals surface area contributed by atoms with Gasteiger partial charge in [-0.25, -0.2) is 0 Å². The highest BCUT2D eigenvalue weighted by Gasteiger charge is 2.32. The smallest absolute Gasteiger partial charge is 0.234 e. The van der Waals surface area contributed by atoms with Gasteiger partial charge in [0, 0.05) is 20.1 Å². The van der Waals surface area contributed by atoms with Crippen molar-refractivity contribution in [2.75, 3.05) is 26.7 Å². The summed E-state index contributed by atoms with van der Waals surface area (Å²) in [5.41, 5.74) is 3.26. The van der Waals surface area contributed by atoms with Crippen LogP contribution in [0.25, 0.3) is 0 Å². The van der Waals surface area contributed by atoms with E-state index in [2.05, 4.69) is 60.4 Å². The van der Waals surface area contributed by atoms with Gasteiger partial charge in [0.15, 0.2) is 0 Å². The average Bonchev–Trinajstić information content (AvgIpc) is 3.24. The van der Waals surface area contributed by atoms with E-state index >= 15 is 0 Å². The number of rotatable bonds is 7. The number of likely N-dealkylation sites (tertiary alicyclic amines) is 1. The van der Waals surface area contributed by atoms with Crippen LogP contribution in [-0.2, 0) is 4.79 Å². The Morgan fingerprint density at radius 2 is 1.35 bits per heavy atom. The van der Waals surface area contributed by atoms with Crippen molar-refractivity contribution in [1.82, 2.24) is 9.80 Å². The summed E-state index contributed by atoms with van der Waals surface area (Å²) in [5.74, 6) is 0.549. The van der Waals surface area contributed by atoms with E-state index in [1.165, 1.54) is 12.0 Å². The van der Waals surface area contributed by atoms with E-state index in [0.29, 0.717) is 0 Å². The zero-order valence-corrected chi connectivity index (χ0v) is 18.5. The minimum atomic E-state index is -0.309. The minimum Gasteiger partial charge on any atom is -0.337 e. The molecule has 1 aliphatic rings. The molecular formula is C28H32N2O. The first kappa shape index (κ1) is 21.3. The molecule has 3 nitrogen and oxygen atoms in total. The molecule has 3 aromatic rings. The Hall–Kier alpha value is -2.91. The van der Waals surface area contributed by atoms with Crippen LogP contribution < -0.4 is 0 Å². The standard InChI is InChI=1S/C28H32N2O/c1-22-18-19-30(20-22)21-26(23-12-6-3-7-13-23)29(2)28(31)27(24-14-8-4-9-15-24)25-16-10-5-11-17-25/h3-17,22,26-27H,18-21H2,1-2H3/t22-,26-/m1/s1. The predicted molar refractivity (Wildman–Crippen MR) is 127 cm³/mol. The Morgan fingerprint density at radius 3 is 1.81 bits per heavy atom. The molecule has 3 aromatic carbocycles. The van der Waals surface area contributed by atoms with E-state index in [1.807, 2.05) is 54.4 Å². The molecule has 1 fully saturated rings. The lowest BCUT2D eigenvalue weighted by Gasteiger charge is -2.34. The summed E-state index contributed by atoms with van der Waals surface area (Å²) in [6.07, 6.45) is 1.23. The second-order valence-corrected chi connectivity index (χ2v) is 8.78. The van der Waals surface area contributed by atoms with Gasteiger partial charge in [-0.2, -0.15) is 0 Å². The van der Waals surface area contributed by atoms with Gasteiger partial charge in [0.25, 0.3) is 0 Å². The Labute approximate surface area is 186 Å². The lowest BCUT2D eigenvalue weighted by molar-refractivity contribution is -0.133. The first-order valence-electron chi connectivity index (χ1n) is 11.3. The molecule has 1 saturated heterocycles. The third-order valence-corrected chi connectivity index (χ3v) is 6.45. The molecule has 0 radical (unpaired) electrons. The highest BCUT2D eigenvalue weighted by atomic mass is 16.2. The molecule has 1 aliphatic heterocycles. The molecule has 3 heteroatoms. The molecular weight excluding hydrogens is 380 g/mol. The molecule has 160 valence electrons. The number of carbonyl (C=O) groups excluding carboxylic acids is 1. The van der Waals surface area contributed by atoms with Gasteiger partial charge in [-0.3, -0.25) is 4.79 Å². The van der Waals surface area contributed by atoms with Gasteiger partial charge in [0.05, 0.1) is 12.0 Å². The predicted octanol–water partition coefficient (Wildman–Crippen LogP) is 5.36. The summed E-state index contributed by atoms with van der Waals surface area (Å²) < 4.78 is 0. The fourth-order valence-electron chi connectivity index (χ4n) is 4.69. The molecule has 0 N–H and O–H groups in total. The third-order valence-electron chi connectivity index (χ3n) is 6.45. The van der Waals surface area contributed by atoms with Crippen molar-refractivity contribution in [3.8, 4) is 0 Å². The molecule has 1 heterocycles. The van der Waals surface area contributed by atoms with Crippen molar-refractivity contribution >= 4 is 5.91 Å². The van der Waals surface area contributed by atoms with Crippen LogP contribution in [0.3, 0.4) is 0 Å². The van der Waals surface area contributed by atoms with Gasteiger partial charge in [-0.05, 0) is 35.6 Å². The minimum absolute atomic E-state index is 0.0222. The van der Waals surface area contributed by atoms with E-state index < -0.39 is 0 Å². The first-order chi connectivity index (χ1) is 15.1.